The van der Waals surface area contributed by atoms with E-state index in [1.165, 1.54) is 25.1 Å². The van der Waals surface area contributed by atoms with Gasteiger partial charge in [0, 0.05) is 16.7 Å². The number of carbonyl (C=O) groups is 3. The van der Waals surface area contributed by atoms with Gasteiger partial charge in [-0.1, -0.05) is 30.3 Å². The van der Waals surface area contributed by atoms with Crippen LogP contribution in [0.3, 0.4) is 0 Å². The van der Waals surface area contributed by atoms with Crippen molar-refractivity contribution in [3.8, 4) is 5.75 Å². The van der Waals surface area contributed by atoms with Gasteiger partial charge in [-0.25, -0.2) is 0 Å². The molecule has 0 aliphatic heterocycles. The van der Waals surface area contributed by atoms with Crippen LogP contribution in [0.1, 0.15) is 34.3 Å². The van der Waals surface area contributed by atoms with E-state index in [0.29, 0.717) is 11.1 Å². The Balaban J connectivity index is 2.27. The van der Waals surface area contributed by atoms with Crippen molar-refractivity contribution in [3.05, 3.63) is 65.2 Å². The molecule has 0 aliphatic carbocycles. The standard InChI is InChI=1S/C18H17NO5/c1-11(18(24)19-10-16(21)22)14-9-13(7-8-15(14)20)17(23)12-5-3-2-4-6-12/h2-9,11,20H,10H2,1H3,(H,19,24)(H,21,22). The fourth-order valence-corrected chi connectivity index (χ4v) is 2.26. The van der Waals surface area contributed by atoms with Crippen LogP contribution in [0.15, 0.2) is 48.5 Å². The van der Waals surface area contributed by atoms with Crippen LogP contribution in [0.4, 0.5) is 0 Å². The highest BCUT2D eigenvalue weighted by atomic mass is 16.4. The molecule has 0 spiro atoms. The summed E-state index contributed by atoms with van der Waals surface area (Å²) in [6.45, 7) is 1.02. The summed E-state index contributed by atoms with van der Waals surface area (Å²) in [5, 5.41) is 20.8. The zero-order chi connectivity index (χ0) is 17.7. The van der Waals surface area contributed by atoms with Gasteiger partial charge in [-0.15, -0.1) is 0 Å². The lowest BCUT2D eigenvalue weighted by Crippen LogP contribution is -2.32. The van der Waals surface area contributed by atoms with Gasteiger partial charge < -0.3 is 15.5 Å². The van der Waals surface area contributed by atoms with Crippen molar-refractivity contribution in [1.29, 1.82) is 0 Å². The average Bonchev–Trinajstić information content (AvgIpc) is 2.59. The number of hydrogen-bond acceptors (Lipinski definition) is 4. The highest BCUT2D eigenvalue weighted by molar-refractivity contribution is 6.09. The summed E-state index contributed by atoms with van der Waals surface area (Å²) in [4.78, 5) is 35.0. The molecule has 124 valence electrons. The molecule has 24 heavy (non-hydrogen) atoms. The van der Waals surface area contributed by atoms with Crippen LogP contribution >= 0.6 is 0 Å². The first-order valence-electron chi connectivity index (χ1n) is 7.32. The van der Waals surface area contributed by atoms with Crippen molar-refractivity contribution in [2.45, 2.75) is 12.8 Å². The highest BCUT2D eigenvalue weighted by Gasteiger charge is 2.21. The van der Waals surface area contributed by atoms with Gasteiger partial charge in [-0.3, -0.25) is 14.4 Å². The first-order valence-corrected chi connectivity index (χ1v) is 7.32. The Morgan fingerprint density at radius 2 is 1.71 bits per heavy atom. The predicted octanol–water partition coefficient (Wildman–Crippen LogP) is 1.93. The Morgan fingerprint density at radius 1 is 1.04 bits per heavy atom. The number of carboxylic acid groups (broad SMARTS) is 1. The molecular weight excluding hydrogens is 310 g/mol. The normalized spacial score (nSPS) is 11.5. The van der Waals surface area contributed by atoms with Crippen molar-refractivity contribution in [1.82, 2.24) is 5.32 Å². The van der Waals surface area contributed by atoms with E-state index < -0.39 is 24.3 Å². The van der Waals surface area contributed by atoms with Gasteiger partial charge in [0.15, 0.2) is 5.78 Å². The molecule has 3 N–H and O–H groups in total. The van der Waals surface area contributed by atoms with Crippen molar-refractivity contribution >= 4 is 17.7 Å². The Hall–Kier alpha value is -3.15. The van der Waals surface area contributed by atoms with Gasteiger partial charge in [-0.2, -0.15) is 0 Å². The molecular formula is C18H17NO5. The first-order chi connectivity index (χ1) is 11.4. The predicted molar refractivity (Wildman–Crippen MR) is 87.0 cm³/mol. The molecule has 0 aliphatic rings. The van der Waals surface area contributed by atoms with E-state index in [4.69, 9.17) is 5.11 Å². The highest BCUT2D eigenvalue weighted by Crippen LogP contribution is 2.27. The van der Waals surface area contributed by atoms with Gasteiger partial charge in [0.05, 0.1) is 5.92 Å². The van der Waals surface area contributed by atoms with Gasteiger partial charge in [-0.05, 0) is 25.1 Å². The molecule has 0 saturated heterocycles. The summed E-state index contributed by atoms with van der Waals surface area (Å²) in [7, 11) is 0. The number of hydrogen-bond donors (Lipinski definition) is 3. The van der Waals surface area contributed by atoms with Crippen molar-refractivity contribution in [2.24, 2.45) is 0 Å². The lowest BCUT2D eigenvalue weighted by molar-refractivity contribution is -0.138. The van der Waals surface area contributed by atoms with E-state index in [0.717, 1.165) is 0 Å². The van der Waals surface area contributed by atoms with Crippen LogP contribution in [0, 0.1) is 0 Å². The molecule has 2 rings (SSSR count). The largest absolute Gasteiger partial charge is 0.508 e. The summed E-state index contributed by atoms with van der Waals surface area (Å²) in [6, 6.07) is 12.9. The monoisotopic (exact) mass is 327 g/mol. The number of amides is 1. The number of aliphatic carboxylic acids is 1. The SMILES string of the molecule is CC(C(=O)NCC(=O)O)c1cc(C(=O)c2ccccc2)ccc1O. The van der Waals surface area contributed by atoms with Crippen molar-refractivity contribution in [3.63, 3.8) is 0 Å². The minimum absolute atomic E-state index is 0.127. The molecule has 2 aromatic carbocycles. The summed E-state index contributed by atoms with van der Waals surface area (Å²) in [6.07, 6.45) is 0. The van der Waals surface area contributed by atoms with Gasteiger partial charge in [0.2, 0.25) is 5.91 Å². The maximum absolute atomic E-state index is 12.5. The van der Waals surface area contributed by atoms with E-state index in [2.05, 4.69) is 5.32 Å². The second kappa shape index (κ2) is 7.41. The maximum atomic E-state index is 12.5. The molecule has 0 radical (unpaired) electrons. The molecule has 6 nitrogen and oxygen atoms in total. The molecule has 0 bridgehead atoms. The van der Waals surface area contributed by atoms with Crippen LogP contribution in [-0.4, -0.2) is 34.4 Å². The summed E-state index contributed by atoms with van der Waals surface area (Å²) >= 11 is 0. The van der Waals surface area contributed by atoms with Gasteiger partial charge in [0.1, 0.15) is 12.3 Å². The molecule has 6 heteroatoms. The van der Waals surface area contributed by atoms with Crippen LogP contribution < -0.4 is 5.32 Å². The molecule has 0 saturated carbocycles. The third-order valence-electron chi connectivity index (χ3n) is 3.60. The third-order valence-corrected chi connectivity index (χ3v) is 3.60. The van der Waals surface area contributed by atoms with Gasteiger partial charge >= 0.3 is 5.97 Å². The number of benzene rings is 2. The summed E-state index contributed by atoms with van der Waals surface area (Å²) in [5.74, 6) is -2.86. The zero-order valence-corrected chi connectivity index (χ0v) is 13.0. The molecule has 1 atom stereocenters. The number of nitrogens with one attached hydrogen (secondary N) is 1. The lowest BCUT2D eigenvalue weighted by Gasteiger charge is -2.14. The number of carboxylic acids is 1. The van der Waals surface area contributed by atoms with E-state index >= 15 is 0 Å². The topological polar surface area (TPSA) is 104 Å². The number of rotatable bonds is 6. The minimum atomic E-state index is -1.16. The smallest absolute Gasteiger partial charge is 0.322 e. The van der Waals surface area contributed by atoms with Crippen molar-refractivity contribution < 1.29 is 24.6 Å². The maximum Gasteiger partial charge on any atom is 0.322 e. The Labute approximate surface area is 138 Å². The Kier molecular flexibility index (Phi) is 5.31. The average molecular weight is 327 g/mol. The second-order valence-corrected chi connectivity index (χ2v) is 5.30. The molecule has 0 aromatic heterocycles. The van der Waals surface area contributed by atoms with Crippen LogP contribution in [0.25, 0.3) is 0 Å². The zero-order valence-electron chi connectivity index (χ0n) is 13.0. The number of phenolic OH excluding ortho intramolecular Hbond substituents is 1. The summed E-state index contributed by atoms with van der Waals surface area (Å²) in [5.41, 5.74) is 1.10. The van der Waals surface area contributed by atoms with Crippen molar-refractivity contribution in [2.75, 3.05) is 6.54 Å². The Morgan fingerprint density at radius 3 is 2.33 bits per heavy atom. The quantitative estimate of drug-likeness (QED) is 0.703. The molecule has 2 aromatic rings. The fraction of sp³-hybridized carbons (Fsp3) is 0.167. The van der Waals surface area contributed by atoms with Gasteiger partial charge in [0.25, 0.3) is 0 Å². The Bertz CT molecular complexity index is 770. The molecule has 0 fully saturated rings. The number of carbonyl (C=O) groups excluding carboxylic acids is 2. The summed E-state index contributed by atoms with van der Waals surface area (Å²) < 4.78 is 0. The fourth-order valence-electron chi connectivity index (χ4n) is 2.26. The second-order valence-electron chi connectivity index (χ2n) is 5.30. The van der Waals surface area contributed by atoms with Crippen LogP contribution in [-0.2, 0) is 9.59 Å². The minimum Gasteiger partial charge on any atom is -0.508 e. The number of aromatic hydroxyl groups is 1. The lowest BCUT2D eigenvalue weighted by atomic mass is 9.94. The third kappa shape index (κ3) is 3.98. The van der Waals surface area contributed by atoms with E-state index in [1.807, 2.05) is 0 Å². The van der Waals surface area contributed by atoms with E-state index in [1.54, 1.807) is 30.3 Å². The number of ketones is 1. The number of phenols is 1. The molecule has 0 heterocycles. The van der Waals surface area contributed by atoms with Crippen LogP contribution in [0.5, 0.6) is 5.75 Å². The van der Waals surface area contributed by atoms with E-state index in [-0.39, 0.29) is 17.1 Å². The van der Waals surface area contributed by atoms with Crippen LogP contribution in [0.2, 0.25) is 0 Å². The molecule has 1 amide bonds. The van der Waals surface area contributed by atoms with E-state index in [9.17, 15) is 19.5 Å². The molecule has 1 unspecified atom stereocenters. The first kappa shape index (κ1) is 17.2.